The standard InChI is InChI=1S/C14H20N2O3/c1-18-13-6-2-4-11(8-13)9-16-12(5-3-7-15)10-19-14(16)17/h2,4,6,8,12H,3,5,7,9-10,15H2,1H3. The molecular formula is C14H20N2O3. The molecule has 0 radical (unpaired) electrons. The molecular weight excluding hydrogens is 244 g/mol. The summed E-state index contributed by atoms with van der Waals surface area (Å²) in [7, 11) is 1.63. The Bertz CT molecular complexity index is 436. The lowest BCUT2D eigenvalue weighted by molar-refractivity contribution is 0.156. The first-order valence-corrected chi connectivity index (χ1v) is 6.51. The zero-order valence-electron chi connectivity index (χ0n) is 11.2. The lowest BCUT2D eigenvalue weighted by Crippen LogP contribution is -2.33. The van der Waals surface area contributed by atoms with Crippen molar-refractivity contribution in [1.29, 1.82) is 0 Å². The SMILES string of the molecule is COc1cccc(CN2C(=O)OCC2CCCN)c1. The monoisotopic (exact) mass is 264 g/mol. The highest BCUT2D eigenvalue weighted by Crippen LogP contribution is 2.21. The van der Waals surface area contributed by atoms with E-state index in [0.29, 0.717) is 19.7 Å². The molecule has 19 heavy (non-hydrogen) atoms. The summed E-state index contributed by atoms with van der Waals surface area (Å²) in [5.74, 6) is 0.795. The number of cyclic esters (lactones) is 1. The van der Waals surface area contributed by atoms with E-state index in [0.717, 1.165) is 24.2 Å². The second-order valence-electron chi connectivity index (χ2n) is 4.64. The van der Waals surface area contributed by atoms with Crippen molar-refractivity contribution in [2.45, 2.75) is 25.4 Å². The van der Waals surface area contributed by atoms with Gasteiger partial charge in [0.05, 0.1) is 13.2 Å². The molecule has 1 aromatic rings. The van der Waals surface area contributed by atoms with Gasteiger partial charge in [0.15, 0.2) is 0 Å². The van der Waals surface area contributed by atoms with Gasteiger partial charge in [0.2, 0.25) is 0 Å². The molecule has 1 amide bonds. The lowest BCUT2D eigenvalue weighted by atomic mass is 10.1. The van der Waals surface area contributed by atoms with Crippen molar-refractivity contribution in [1.82, 2.24) is 4.90 Å². The average molecular weight is 264 g/mol. The summed E-state index contributed by atoms with van der Waals surface area (Å²) in [6.07, 6.45) is 1.53. The number of carbonyl (C=O) groups is 1. The minimum absolute atomic E-state index is 0.127. The molecule has 1 aliphatic rings. The Hall–Kier alpha value is -1.75. The highest BCUT2D eigenvalue weighted by atomic mass is 16.6. The number of hydrogen-bond donors (Lipinski definition) is 1. The molecule has 1 fully saturated rings. The quantitative estimate of drug-likeness (QED) is 0.850. The van der Waals surface area contributed by atoms with Crippen LogP contribution in [0.5, 0.6) is 5.75 Å². The maximum Gasteiger partial charge on any atom is 0.410 e. The average Bonchev–Trinajstić information content (AvgIpc) is 2.78. The van der Waals surface area contributed by atoms with Gasteiger partial charge < -0.3 is 15.2 Å². The molecule has 1 heterocycles. The molecule has 104 valence electrons. The fourth-order valence-electron chi connectivity index (χ4n) is 2.24. The minimum Gasteiger partial charge on any atom is -0.497 e. The van der Waals surface area contributed by atoms with Gasteiger partial charge in [0.1, 0.15) is 12.4 Å². The number of benzene rings is 1. The van der Waals surface area contributed by atoms with E-state index >= 15 is 0 Å². The molecule has 0 aromatic heterocycles. The van der Waals surface area contributed by atoms with Crippen LogP contribution in [0.2, 0.25) is 0 Å². The minimum atomic E-state index is -0.246. The highest BCUT2D eigenvalue weighted by molar-refractivity contribution is 5.70. The van der Waals surface area contributed by atoms with Crippen molar-refractivity contribution in [2.24, 2.45) is 5.73 Å². The summed E-state index contributed by atoms with van der Waals surface area (Å²) in [5.41, 5.74) is 6.55. The van der Waals surface area contributed by atoms with Crippen LogP contribution < -0.4 is 10.5 Å². The zero-order chi connectivity index (χ0) is 13.7. The molecule has 1 aromatic carbocycles. The predicted octanol–water partition coefficient (Wildman–Crippen LogP) is 1.75. The van der Waals surface area contributed by atoms with Crippen LogP contribution in [0.1, 0.15) is 18.4 Å². The van der Waals surface area contributed by atoms with Crippen LogP contribution in [0.4, 0.5) is 4.79 Å². The second-order valence-corrected chi connectivity index (χ2v) is 4.64. The van der Waals surface area contributed by atoms with Crippen LogP contribution in [0.15, 0.2) is 24.3 Å². The van der Waals surface area contributed by atoms with E-state index in [4.69, 9.17) is 15.2 Å². The maximum atomic E-state index is 11.7. The van der Waals surface area contributed by atoms with Gasteiger partial charge >= 0.3 is 6.09 Å². The predicted molar refractivity (Wildman–Crippen MR) is 72.0 cm³/mol. The number of ether oxygens (including phenoxy) is 2. The van der Waals surface area contributed by atoms with E-state index < -0.39 is 0 Å². The summed E-state index contributed by atoms with van der Waals surface area (Å²) in [6, 6.07) is 7.85. The first kappa shape index (κ1) is 13.7. The number of hydrogen-bond acceptors (Lipinski definition) is 4. The third kappa shape index (κ3) is 3.38. The van der Waals surface area contributed by atoms with E-state index in [2.05, 4.69) is 0 Å². The molecule has 5 heteroatoms. The molecule has 1 aliphatic heterocycles. The molecule has 0 spiro atoms. The van der Waals surface area contributed by atoms with Crippen LogP contribution in [0.25, 0.3) is 0 Å². The van der Waals surface area contributed by atoms with Gasteiger partial charge in [-0.2, -0.15) is 0 Å². The van der Waals surface area contributed by atoms with Crippen LogP contribution in [0, 0.1) is 0 Å². The number of nitrogens with two attached hydrogens (primary N) is 1. The summed E-state index contributed by atoms with van der Waals surface area (Å²) in [4.78, 5) is 13.5. The fraction of sp³-hybridized carbons (Fsp3) is 0.500. The van der Waals surface area contributed by atoms with E-state index in [1.807, 2.05) is 24.3 Å². The van der Waals surface area contributed by atoms with Gasteiger partial charge in [-0.25, -0.2) is 4.79 Å². The Morgan fingerprint density at radius 3 is 3.11 bits per heavy atom. The van der Waals surface area contributed by atoms with Crippen LogP contribution in [-0.4, -0.2) is 37.3 Å². The van der Waals surface area contributed by atoms with Crippen LogP contribution in [0.3, 0.4) is 0 Å². The van der Waals surface area contributed by atoms with Crippen molar-refractivity contribution in [2.75, 3.05) is 20.3 Å². The second kappa shape index (κ2) is 6.43. The van der Waals surface area contributed by atoms with Crippen LogP contribution >= 0.6 is 0 Å². The largest absolute Gasteiger partial charge is 0.497 e. The third-order valence-electron chi connectivity index (χ3n) is 3.30. The molecule has 1 saturated heterocycles. The van der Waals surface area contributed by atoms with Crippen molar-refractivity contribution < 1.29 is 14.3 Å². The normalized spacial score (nSPS) is 18.5. The Morgan fingerprint density at radius 1 is 1.53 bits per heavy atom. The number of rotatable bonds is 6. The van der Waals surface area contributed by atoms with Crippen molar-refractivity contribution >= 4 is 6.09 Å². The van der Waals surface area contributed by atoms with E-state index in [-0.39, 0.29) is 12.1 Å². The summed E-state index contributed by atoms with van der Waals surface area (Å²) in [6.45, 7) is 1.64. The van der Waals surface area contributed by atoms with E-state index in [1.165, 1.54) is 0 Å². The molecule has 1 unspecified atom stereocenters. The highest BCUT2D eigenvalue weighted by Gasteiger charge is 2.32. The first-order valence-electron chi connectivity index (χ1n) is 6.51. The topological polar surface area (TPSA) is 64.8 Å². The lowest BCUT2D eigenvalue weighted by Gasteiger charge is -2.21. The van der Waals surface area contributed by atoms with Gasteiger partial charge in [-0.1, -0.05) is 12.1 Å². The molecule has 0 bridgehead atoms. The van der Waals surface area contributed by atoms with E-state index in [9.17, 15) is 4.79 Å². The Morgan fingerprint density at radius 2 is 2.37 bits per heavy atom. The Balaban J connectivity index is 2.04. The molecule has 1 atom stereocenters. The smallest absolute Gasteiger partial charge is 0.410 e. The number of methoxy groups -OCH3 is 1. The van der Waals surface area contributed by atoms with Gasteiger partial charge in [-0.05, 0) is 37.1 Å². The maximum absolute atomic E-state index is 11.7. The van der Waals surface area contributed by atoms with Crippen molar-refractivity contribution in [3.63, 3.8) is 0 Å². The first-order chi connectivity index (χ1) is 9.24. The molecule has 0 aliphatic carbocycles. The Labute approximate surface area is 113 Å². The number of nitrogens with zero attached hydrogens (tertiary/aromatic N) is 1. The third-order valence-corrected chi connectivity index (χ3v) is 3.30. The number of amides is 1. The molecule has 5 nitrogen and oxygen atoms in total. The summed E-state index contributed by atoms with van der Waals surface area (Å²) >= 11 is 0. The van der Waals surface area contributed by atoms with Crippen LogP contribution in [-0.2, 0) is 11.3 Å². The van der Waals surface area contributed by atoms with Gasteiger partial charge in [-0.15, -0.1) is 0 Å². The molecule has 2 N–H and O–H groups in total. The summed E-state index contributed by atoms with van der Waals surface area (Å²) < 4.78 is 10.3. The van der Waals surface area contributed by atoms with E-state index in [1.54, 1.807) is 12.0 Å². The zero-order valence-corrected chi connectivity index (χ0v) is 11.2. The van der Waals surface area contributed by atoms with Gasteiger partial charge in [0, 0.05) is 6.54 Å². The molecule has 2 rings (SSSR count). The fourth-order valence-corrected chi connectivity index (χ4v) is 2.24. The van der Waals surface area contributed by atoms with Crippen molar-refractivity contribution in [3.05, 3.63) is 29.8 Å². The molecule has 0 saturated carbocycles. The van der Waals surface area contributed by atoms with Gasteiger partial charge in [-0.3, -0.25) is 4.90 Å². The van der Waals surface area contributed by atoms with Crippen molar-refractivity contribution in [3.8, 4) is 5.75 Å². The summed E-state index contributed by atoms with van der Waals surface area (Å²) in [5, 5.41) is 0. The van der Waals surface area contributed by atoms with Gasteiger partial charge in [0.25, 0.3) is 0 Å². The number of carbonyl (C=O) groups excluding carboxylic acids is 1. The Kier molecular flexibility index (Phi) is 4.63.